The Kier molecular flexibility index (Phi) is 4.70. The first-order valence-corrected chi connectivity index (χ1v) is 8.61. The molecule has 1 aliphatic heterocycles. The van der Waals surface area contributed by atoms with Gasteiger partial charge in [0.1, 0.15) is 5.82 Å². The fourth-order valence-electron chi connectivity index (χ4n) is 2.66. The first kappa shape index (κ1) is 16.4. The van der Waals surface area contributed by atoms with E-state index >= 15 is 0 Å². The molecule has 118 valence electrons. The van der Waals surface area contributed by atoms with Crippen molar-refractivity contribution in [2.45, 2.75) is 38.7 Å². The Morgan fingerprint density at radius 2 is 2.00 bits per heavy atom. The van der Waals surface area contributed by atoms with Gasteiger partial charge < -0.3 is 5.11 Å². The Bertz CT molecular complexity index is 630. The highest BCUT2D eigenvalue weighted by molar-refractivity contribution is 7.89. The van der Waals surface area contributed by atoms with E-state index in [4.69, 9.17) is 0 Å². The molecule has 1 saturated heterocycles. The lowest BCUT2D eigenvalue weighted by Crippen LogP contribution is -2.42. The molecule has 1 fully saturated rings. The van der Waals surface area contributed by atoms with E-state index in [1.54, 1.807) is 0 Å². The smallest absolute Gasteiger partial charge is 0.243 e. The standard InChI is InChI=1S/C15H22FNO3S/c1-10-4-5-17(8-12(10)3)21(19,20)14-6-11(2)15(16)13(7-14)9-18/h6-7,10,12,18H,4-5,8-9H2,1-3H3. The van der Waals surface area contributed by atoms with Crippen LogP contribution >= 0.6 is 0 Å². The summed E-state index contributed by atoms with van der Waals surface area (Å²) in [5.41, 5.74) is 0.255. The average Bonchev–Trinajstić information content (AvgIpc) is 2.44. The quantitative estimate of drug-likeness (QED) is 0.931. The summed E-state index contributed by atoms with van der Waals surface area (Å²) in [5.74, 6) is 0.254. The molecular formula is C15H22FNO3S. The van der Waals surface area contributed by atoms with Crippen molar-refractivity contribution < 1.29 is 17.9 Å². The lowest BCUT2D eigenvalue weighted by molar-refractivity contribution is 0.212. The maximum Gasteiger partial charge on any atom is 0.243 e. The summed E-state index contributed by atoms with van der Waals surface area (Å²) in [6, 6.07) is 2.58. The van der Waals surface area contributed by atoms with E-state index in [0.717, 1.165) is 6.42 Å². The molecule has 2 rings (SSSR count). The first-order chi connectivity index (χ1) is 9.77. The minimum absolute atomic E-state index is 0.0204. The predicted molar refractivity (Wildman–Crippen MR) is 78.8 cm³/mol. The Morgan fingerprint density at radius 3 is 2.57 bits per heavy atom. The van der Waals surface area contributed by atoms with Crippen LogP contribution in [-0.4, -0.2) is 30.9 Å². The van der Waals surface area contributed by atoms with Crippen molar-refractivity contribution >= 4 is 10.0 Å². The second-order valence-corrected chi connectivity index (χ2v) is 7.92. The fraction of sp³-hybridized carbons (Fsp3) is 0.600. The van der Waals surface area contributed by atoms with Crippen LogP contribution in [0, 0.1) is 24.6 Å². The van der Waals surface area contributed by atoms with Gasteiger partial charge in [-0.05, 0) is 42.9 Å². The summed E-state index contributed by atoms with van der Waals surface area (Å²) in [6.07, 6.45) is 0.827. The molecule has 0 saturated carbocycles. The van der Waals surface area contributed by atoms with Crippen LogP contribution in [0.25, 0.3) is 0 Å². The maximum atomic E-state index is 13.8. The topological polar surface area (TPSA) is 57.6 Å². The van der Waals surface area contributed by atoms with E-state index in [1.807, 2.05) is 6.92 Å². The Balaban J connectivity index is 2.38. The fourth-order valence-corrected chi connectivity index (χ4v) is 4.35. The summed E-state index contributed by atoms with van der Waals surface area (Å²) in [5, 5.41) is 9.17. The number of rotatable bonds is 3. The molecule has 0 radical (unpaired) electrons. The number of halogens is 1. The van der Waals surface area contributed by atoms with Crippen LogP contribution in [0.15, 0.2) is 17.0 Å². The third-order valence-corrected chi connectivity index (χ3v) is 6.25. The van der Waals surface area contributed by atoms with E-state index in [0.29, 0.717) is 24.9 Å². The van der Waals surface area contributed by atoms with Crippen molar-refractivity contribution in [2.24, 2.45) is 11.8 Å². The van der Waals surface area contributed by atoms with Gasteiger partial charge in [-0.3, -0.25) is 0 Å². The van der Waals surface area contributed by atoms with Crippen molar-refractivity contribution in [3.8, 4) is 0 Å². The van der Waals surface area contributed by atoms with Gasteiger partial charge in [0.15, 0.2) is 0 Å². The third-order valence-electron chi connectivity index (χ3n) is 4.41. The molecule has 0 spiro atoms. The Hall–Kier alpha value is -0.980. The minimum Gasteiger partial charge on any atom is -0.392 e. The molecule has 21 heavy (non-hydrogen) atoms. The van der Waals surface area contributed by atoms with E-state index in [-0.39, 0.29) is 16.0 Å². The molecule has 1 aromatic carbocycles. The number of benzene rings is 1. The highest BCUT2D eigenvalue weighted by Gasteiger charge is 2.32. The molecule has 0 bridgehead atoms. The summed E-state index contributed by atoms with van der Waals surface area (Å²) < 4.78 is 40.6. The predicted octanol–water partition coefficient (Wildman–Crippen LogP) is 2.29. The minimum atomic E-state index is -3.63. The lowest BCUT2D eigenvalue weighted by Gasteiger charge is -2.34. The molecule has 1 aromatic rings. The van der Waals surface area contributed by atoms with Crippen LogP contribution in [0.5, 0.6) is 0 Å². The van der Waals surface area contributed by atoms with Crippen molar-refractivity contribution in [3.05, 3.63) is 29.1 Å². The molecule has 1 heterocycles. The second-order valence-electron chi connectivity index (χ2n) is 5.98. The van der Waals surface area contributed by atoms with Crippen LogP contribution in [-0.2, 0) is 16.6 Å². The molecule has 1 N–H and O–H groups in total. The molecule has 0 aromatic heterocycles. The maximum absolute atomic E-state index is 13.8. The molecule has 2 atom stereocenters. The lowest BCUT2D eigenvalue weighted by atomic mass is 9.90. The van der Waals surface area contributed by atoms with Crippen LogP contribution in [0.1, 0.15) is 31.4 Å². The number of aliphatic hydroxyl groups excluding tert-OH is 1. The average molecular weight is 315 g/mol. The molecule has 2 unspecified atom stereocenters. The number of hydrogen-bond acceptors (Lipinski definition) is 3. The number of hydrogen-bond donors (Lipinski definition) is 1. The van der Waals surface area contributed by atoms with Crippen LogP contribution < -0.4 is 0 Å². The summed E-state index contributed by atoms with van der Waals surface area (Å²) in [6.45, 7) is 6.13. The summed E-state index contributed by atoms with van der Waals surface area (Å²) in [7, 11) is -3.63. The zero-order chi connectivity index (χ0) is 15.8. The zero-order valence-corrected chi connectivity index (χ0v) is 13.5. The van der Waals surface area contributed by atoms with Gasteiger partial charge in [0, 0.05) is 18.7 Å². The van der Waals surface area contributed by atoms with Gasteiger partial charge in [-0.25, -0.2) is 12.8 Å². The van der Waals surface area contributed by atoms with Crippen molar-refractivity contribution in [3.63, 3.8) is 0 Å². The molecule has 1 aliphatic rings. The zero-order valence-electron chi connectivity index (χ0n) is 12.6. The van der Waals surface area contributed by atoms with Gasteiger partial charge >= 0.3 is 0 Å². The summed E-state index contributed by atoms with van der Waals surface area (Å²) in [4.78, 5) is 0.0622. The second kappa shape index (κ2) is 6.02. The van der Waals surface area contributed by atoms with Gasteiger partial charge in [0.25, 0.3) is 0 Å². The van der Waals surface area contributed by atoms with Gasteiger partial charge in [-0.1, -0.05) is 13.8 Å². The number of nitrogens with zero attached hydrogens (tertiary/aromatic N) is 1. The van der Waals surface area contributed by atoms with Crippen LogP contribution in [0.4, 0.5) is 4.39 Å². The number of sulfonamides is 1. The van der Waals surface area contributed by atoms with Gasteiger partial charge in [-0.15, -0.1) is 0 Å². The van der Waals surface area contributed by atoms with Crippen LogP contribution in [0.3, 0.4) is 0 Å². The van der Waals surface area contributed by atoms with Gasteiger partial charge in [0.05, 0.1) is 11.5 Å². The Labute approximate surface area is 125 Å². The normalized spacial score (nSPS) is 24.2. The molecule has 0 amide bonds. The van der Waals surface area contributed by atoms with E-state index in [2.05, 4.69) is 6.92 Å². The highest BCUT2D eigenvalue weighted by Crippen LogP contribution is 2.28. The SMILES string of the molecule is Cc1cc(S(=O)(=O)N2CCC(C)C(C)C2)cc(CO)c1F. The highest BCUT2D eigenvalue weighted by atomic mass is 32.2. The molecule has 4 nitrogen and oxygen atoms in total. The molecule has 6 heteroatoms. The monoisotopic (exact) mass is 315 g/mol. The number of aryl methyl sites for hydroxylation is 1. The largest absolute Gasteiger partial charge is 0.392 e. The van der Waals surface area contributed by atoms with Crippen molar-refractivity contribution in [1.29, 1.82) is 0 Å². The number of piperidine rings is 1. The van der Waals surface area contributed by atoms with Crippen molar-refractivity contribution in [1.82, 2.24) is 4.31 Å². The van der Waals surface area contributed by atoms with Crippen molar-refractivity contribution in [2.75, 3.05) is 13.1 Å². The van der Waals surface area contributed by atoms with E-state index < -0.39 is 22.4 Å². The van der Waals surface area contributed by atoms with E-state index in [9.17, 15) is 17.9 Å². The first-order valence-electron chi connectivity index (χ1n) is 7.17. The molecular weight excluding hydrogens is 293 g/mol. The van der Waals surface area contributed by atoms with E-state index in [1.165, 1.54) is 23.4 Å². The van der Waals surface area contributed by atoms with Gasteiger partial charge in [-0.2, -0.15) is 4.31 Å². The van der Waals surface area contributed by atoms with Crippen LogP contribution in [0.2, 0.25) is 0 Å². The summed E-state index contributed by atoms with van der Waals surface area (Å²) >= 11 is 0. The third kappa shape index (κ3) is 3.12. The van der Waals surface area contributed by atoms with Gasteiger partial charge in [0.2, 0.25) is 10.0 Å². The number of aliphatic hydroxyl groups is 1. The molecule has 0 aliphatic carbocycles. The Morgan fingerprint density at radius 1 is 1.33 bits per heavy atom.